The lowest BCUT2D eigenvalue weighted by atomic mass is 10.2. The van der Waals surface area contributed by atoms with Gasteiger partial charge in [-0.15, -0.1) is 0 Å². The number of aryl methyl sites for hydroxylation is 1. The molecule has 2 N–H and O–H groups in total. The highest BCUT2D eigenvalue weighted by atomic mass is 32.2. The number of sulfonamides is 1. The van der Waals surface area contributed by atoms with Crippen molar-refractivity contribution in [2.75, 3.05) is 19.7 Å². The second-order valence-electron chi connectivity index (χ2n) is 4.53. The Bertz CT molecular complexity index is 634. The van der Waals surface area contributed by atoms with Crippen molar-refractivity contribution >= 4 is 27.2 Å². The first kappa shape index (κ1) is 15.3. The number of nitrogens with two attached hydrogens (primary N) is 1. The van der Waals surface area contributed by atoms with E-state index in [9.17, 15) is 12.8 Å². The topological polar surface area (TPSA) is 72.6 Å². The van der Waals surface area contributed by atoms with Gasteiger partial charge in [0.15, 0.2) is 0 Å². The molecule has 1 heterocycles. The van der Waals surface area contributed by atoms with E-state index in [2.05, 4.69) is 0 Å². The summed E-state index contributed by atoms with van der Waals surface area (Å²) in [6.07, 6.45) is -0.589. The van der Waals surface area contributed by atoms with E-state index in [0.717, 1.165) is 6.07 Å². The number of halogens is 1. The number of hydrogen-bond acceptors (Lipinski definition) is 4. The highest BCUT2D eigenvalue weighted by Crippen LogP contribution is 2.22. The quantitative estimate of drug-likeness (QED) is 0.835. The fraction of sp³-hybridized carbons (Fsp3) is 0.417. The Morgan fingerprint density at radius 1 is 1.55 bits per heavy atom. The molecular formula is C12H15FN2O3S2. The first-order valence-electron chi connectivity index (χ1n) is 5.99. The van der Waals surface area contributed by atoms with Gasteiger partial charge in [0, 0.05) is 13.1 Å². The van der Waals surface area contributed by atoms with Crippen LogP contribution in [0.5, 0.6) is 0 Å². The van der Waals surface area contributed by atoms with Gasteiger partial charge in [-0.1, -0.05) is 12.2 Å². The van der Waals surface area contributed by atoms with Gasteiger partial charge < -0.3 is 10.5 Å². The summed E-state index contributed by atoms with van der Waals surface area (Å²) < 4.78 is 44.8. The van der Waals surface area contributed by atoms with Crippen LogP contribution in [0.25, 0.3) is 0 Å². The molecule has 0 aliphatic carbocycles. The van der Waals surface area contributed by atoms with E-state index in [1.807, 2.05) is 0 Å². The zero-order valence-corrected chi connectivity index (χ0v) is 12.5. The Labute approximate surface area is 122 Å². The summed E-state index contributed by atoms with van der Waals surface area (Å²) in [4.78, 5) is 0.211. The highest BCUT2D eigenvalue weighted by Gasteiger charge is 2.32. The molecule has 2 rings (SSSR count). The minimum atomic E-state index is -3.70. The molecule has 0 radical (unpaired) electrons. The molecule has 5 nitrogen and oxygen atoms in total. The van der Waals surface area contributed by atoms with Gasteiger partial charge in [-0.05, 0) is 30.7 Å². The summed E-state index contributed by atoms with van der Waals surface area (Å²) >= 11 is 4.83. The molecule has 110 valence electrons. The third-order valence-electron chi connectivity index (χ3n) is 3.10. The third kappa shape index (κ3) is 2.98. The zero-order valence-electron chi connectivity index (χ0n) is 10.9. The van der Waals surface area contributed by atoms with E-state index < -0.39 is 21.9 Å². The van der Waals surface area contributed by atoms with E-state index in [-0.39, 0.29) is 29.6 Å². The number of morpholine rings is 1. The number of benzene rings is 1. The standard InChI is InChI=1S/C12H15FN2O3S2/c1-8-6-9(13)2-3-11(8)20(16,17)15-4-5-18-10(7-15)12(14)19/h2-3,6,10H,4-5,7H2,1H3,(H2,14,19). The van der Waals surface area contributed by atoms with Crippen LogP contribution in [0.2, 0.25) is 0 Å². The van der Waals surface area contributed by atoms with E-state index in [1.165, 1.54) is 16.4 Å². The van der Waals surface area contributed by atoms with Crippen molar-refractivity contribution in [1.82, 2.24) is 4.31 Å². The van der Waals surface area contributed by atoms with Crippen LogP contribution in [-0.2, 0) is 14.8 Å². The second-order valence-corrected chi connectivity index (χ2v) is 6.91. The number of nitrogens with zero attached hydrogens (tertiary/aromatic N) is 1. The van der Waals surface area contributed by atoms with Crippen LogP contribution in [0, 0.1) is 12.7 Å². The lowest BCUT2D eigenvalue weighted by molar-refractivity contribution is 0.0386. The number of ether oxygens (including phenoxy) is 1. The molecule has 1 aliphatic rings. The molecule has 8 heteroatoms. The molecule has 1 unspecified atom stereocenters. The van der Waals surface area contributed by atoms with Crippen LogP contribution < -0.4 is 5.73 Å². The molecule has 1 atom stereocenters. The average molecular weight is 318 g/mol. The summed E-state index contributed by atoms with van der Waals surface area (Å²) in [5, 5.41) is 0. The highest BCUT2D eigenvalue weighted by molar-refractivity contribution is 7.89. The van der Waals surface area contributed by atoms with Crippen molar-refractivity contribution in [2.45, 2.75) is 17.9 Å². The number of thiocarbonyl (C=S) groups is 1. The lowest BCUT2D eigenvalue weighted by Crippen LogP contribution is -2.49. The molecule has 1 aromatic carbocycles. The van der Waals surface area contributed by atoms with Gasteiger partial charge >= 0.3 is 0 Å². The fourth-order valence-electron chi connectivity index (χ4n) is 2.06. The summed E-state index contributed by atoms with van der Waals surface area (Å²) in [5.74, 6) is -0.468. The van der Waals surface area contributed by atoms with Crippen molar-refractivity contribution in [3.63, 3.8) is 0 Å². The molecule has 0 amide bonds. The smallest absolute Gasteiger partial charge is 0.243 e. The van der Waals surface area contributed by atoms with Crippen LogP contribution in [-0.4, -0.2) is 43.5 Å². The van der Waals surface area contributed by atoms with Crippen molar-refractivity contribution in [2.24, 2.45) is 5.73 Å². The van der Waals surface area contributed by atoms with Crippen LogP contribution in [0.1, 0.15) is 5.56 Å². The summed E-state index contributed by atoms with van der Waals surface area (Å²) in [7, 11) is -3.70. The number of rotatable bonds is 3. The summed E-state index contributed by atoms with van der Waals surface area (Å²) in [6, 6.07) is 3.59. The van der Waals surface area contributed by atoms with Gasteiger partial charge in [0.05, 0.1) is 11.5 Å². The maximum atomic E-state index is 13.1. The predicted molar refractivity (Wildman–Crippen MR) is 76.4 cm³/mol. The van der Waals surface area contributed by atoms with Crippen molar-refractivity contribution < 1.29 is 17.5 Å². The fourth-order valence-corrected chi connectivity index (χ4v) is 3.83. The van der Waals surface area contributed by atoms with E-state index in [1.54, 1.807) is 6.92 Å². The van der Waals surface area contributed by atoms with Crippen molar-refractivity contribution in [3.05, 3.63) is 29.6 Å². The Kier molecular flexibility index (Phi) is 4.38. The molecule has 1 aromatic rings. The van der Waals surface area contributed by atoms with Gasteiger partial charge in [-0.2, -0.15) is 4.31 Å². The average Bonchev–Trinajstić information content (AvgIpc) is 2.38. The minimum Gasteiger partial charge on any atom is -0.391 e. The Morgan fingerprint density at radius 2 is 2.25 bits per heavy atom. The Hall–Kier alpha value is -1.09. The van der Waals surface area contributed by atoms with Crippen molar-refractivity contribution in [3.8, 4) is 0 Å². The predicted octanol–water partition coefficient (Wildman–Crippen LogP) is 0.810. The molecular weight excluding hydrogens is 303 g/mol. The third-order valence-corrected chi connectivity index (χ3v) is 5.39. The van der Waals surface area contributed by atoms with Crippen LogP contribution in [0.15, 0.2) is 23.1 Å². The molecule has 0 bridgehead atoms. The first-order valence-corrected chi connectivity index (χ1v) is 7.84. The van der Waals surface area contributed by atoms with E-state index >= 15 is 0 Å². The Balaban J connectivity index is 2.32. The van der Waals surface area contributed by atoms with Gasteiger partial charge in [0.2, 0.25) is 10.0 Å². The Morgan fingerprint density at radius 3 is 2.85 bits per heavy atom. The second kappa shape index (κ2) is 5.72. The largest absolute Gasteiger partial charge is 0.391 e. The van der Waals surface area contributed by atoms with Gasteiger partial charge in [-0.3, -0.25) is 0 Å². The van der Waals surface area contributed by atoms with Gasteiger partial charge in [-0.25, -0.2) is 12.8 Å². The molecule has 20 heavy (non-hydrogen) atoms. The molecule has 1 saturated heterocycles. The van der Waals surface area contributed by atoms with Crippen LogP contribution >= 0.6 is 12.2 Å². The normalized spacial score (nSPS) is 20.8. The van der Waals surface area contributed by atoms with Crippen LogP contribution in [0.4, 0.5) is 4.39 Å². The minimum absolute atomic E-state index is 0.0779. The van der Waals surface area contributed by atoms with Crippen molar-refractivity contribution in [1.29, 1.82) is 0 Å². The summed E-state index contributed by atoms with van der Waals surface area (Å²) in [6.45, 7) is 2.08. The van der Waals surface area contributed by atoms with E-state index in [4.69, 9.17) is 22.7 Å². The maximum absolute atomic E-state index is 13.1. The lowest BCUT2D eigenvalue weighted by Gasteiger charge is -2.31. The van der Waals surface area contributed by atoms with Gasteiger partial charge in [0.25, 0.3) is 0 Å². The summed E-state index contributed by atoms with van der Waals surface area (Å²) in [5.41, 5.74) is 5.86. The maximum Gasteiger partial charge on any atom is 0.243 e. The monoisotopic (exact) mass is 318 g/mol. The molecule has 0 saturated carbocycles. The van der Waals surface area contributed by atoms with Crippen LogP contribution in [0.3, 0.4) is 0 Å². The SMILES string of the molecule is Cc1cc(F)ccc1S(=O)(=O)N1CCOC(C(N)=S)C1. The molecule has 1 aliphatic heterocycles. The first-order chi connectivity index (χ1) is 9.32. The molecule has 0 spiro atoms. The van der Waals surface area contributed by atoms with E-state index in [0.29, 0.717) is 5.56 Å². The van der Waals surface area contributed by atoms with Gasteiger partial charge in [0.1, 0.15) is 16.9 Å². The molecule has 1 fully saturated rings. The zero-order chi connectivity index (χ0) is 14.9. The molecule has 0 aromatic heterocycles. The number of hydrogen-bond donors (Lipinski definition) is 1.